The first kappa shape index (κ1) is 23.5. The van der Waals surface area contributed by atoms with Crippen molar-refractivity contribution >= 4 is 23.6 Å². The van der Waals surface area contributed by atoms with E-state index < -0.39 is 0 Å². The Kier molecular flexibility index (Phi) is 6.51. The van der Waals surface area contributed by atoms with Crippen LogP contribution in [0, 0.1) is 5.92 Å². The number of nitrogens with zero attached hydrogens (tertiary/aromatic N) is 4. The number of carbonyl (C=O) groups is 1. The summed E-state index contributed by atoms with van der Waals surface area (Å²) in [6.45, 7) is 1.59. The predicted molar refractivity (Wildman–Crippen MR) is 139 cm³/mol. The molecule has 2 amide bonds. The molecule has 0 bridgehead atoms. The Hall–Kier alpha value is -2.25. The molecule has 0 radical (unpaired) electrons. The average Bonchev–Trinajstić information content (AvgIpc) is 3.07. The van der Waals surface area contributed by atoms with E-state index in [2.05, 4.69) is 70.9 Å². The van der Waals surface area contributed by atoms with Crippen molar-refractivity contribution in [2.75, 3.05) is 38.9 Å². The summed E-state index contributed by atoms with van der Waals surface area (Å²) in [6.07, 6.45) is 11.8. The molecule has 6 nitrogen and oxygen atoms in total. The second kappa shape index (κ2) is 9.42. The van der Waals surface area contributed by atoms with Crippen molar-refractivity contribution in [1.82, 2.24) is 19.8 Å². The Balaban J connectivity index is 1.40. The van der Waals surface area contributed by atoms with E-state index in [0.29, 0.717) is 12.5 Å². The topological polar surface area (TPSA) is 51.7 Å². The molecule has 1 aliphatic heterocycles. The summed E-state index contributed by atoms with van der Waals surface area (Å²) >= 11 is 1.68. The summed E-state index contributed by atoms with van der Waals surface area (Å²) < 4.78 is 0. The third kappa shape index (κ3) is 4.17. The first-order valence-electron chi connectivity index (χ1n) is 12.5. The molecule has 0 atom stereocenters. The minimum atomic E-state index is -0.120. The Morgan fingerprint density at radius 3 is 2.47 bits per heavy atom. The Morgan fingerprint density at radius 2 is 1.85 bits per heavy atom. The lowest BCUT2D eigenvalue weighted by atomic mass is 9.68. The van der Waals surface area contributed by atoms with Gasteiger partial charge in [-0.1, -0.05) is 36.8 Å². The van der Waals surface area contributed by atoms with Crippen LogP contribution in [-0.2, 0) is 5.54 Å². The van der Waals surface area contributed by atoms with Crippen LogP contribution in [0.25, 0.3) is 0 Å². The fraction of sp³-hybridized carbons (Fsp3) is 0.556. The molecule has 1 N–H and O–H groups in total. The molecule has 34 heavy (non-hydrogen) atoms. The molecule has 3 fully saturated rings. The number of rotatable bonds is 7. The number of hydrogen-bond acceptors (Lipinski definition) is 5. The third-order valence-electron chi connectivity index (χ3n) is 8.54. The lowest BCUT2D eigenvalue weighted by Crippen LogP contribution is -2.56. The van der Waals surface area contributed by atoms with Gasteiger partial charge in [-0.3, -0.25) is 10.3 Å². The van der Waals surface area contributed by atoms with E-state index in [1.165, 1.54) is 24.8 Å². The van der Waals surface area contributed by atoms with E-state index in [4.69, 9.17) is 0 Å². The zero-order valence-corrected chi connectivity index (χ0v) is 21.5. The number of pyridine rings is 1. The van der Waals surface area contributed by atoms with Crippen molar-refractivity contribution in [1.29, 1.82) is 0 Å². The number of hydrazine groups is 1. The maximum absolute atomic E-state index is 13.7. The van der Waals surface area contributed by atoms with E-state index in [0.717, 1.165) is 42.9 Å². The van der Waals surface area contributed by atoms with Crippen LogP contribution in [-0.4, -0.2) is 64.8 Å². The molecule has 2 heterocycles. The molecule has 5 rings (SSSR count). The van der Waals surface area contributed by atoms with Gasteiger partial charge in [-0.2, -0.15) is 0 Å². The number of urea groups is 1. The number of hydrogen-bond donors (Lipinski definition) is 1. The Bertz CT molecular complexity index is 1000. The summed E-state index contributed by atoms with van der Waals surface area (Å²) in [5, 5.41) is 1.83. The van der Waals surface area contributed by atoms with Crippen LogP contribution in [0.5, 0.6) is 0 Å². The van der Waals surface area contributed by atoms with E-state index in [1.807, 2.05) is 23.3 Å². The summed E-state index contributed by atoms with van der Waals surface area (Å²) in [5.41, 5.74) is 4.65. The van der Waals surface area contributed by atoms with Crippen LogP contribution in [0.15, 0.2) is 53.6 Å². The van der Waals surface area contributed by atoms with Gasteiger partial charge in [0.2, 0.25) is 0 Å². The zero-order chi connectivity index (χ0) is 23.8. The van der Waals surface area contributed by atoms with Gasteiger partial charge >= 0.3 is 6.03 Å². The van der Waals surface area contributed by atoms with Crippen LogP contribution in [0.3, 0.4) is 0 Å². The van der Waals surface area contributed by atoms with Gasteiger partial charge in [0.15, 0.2) is 0 Å². The van der Waals surface area contributed by atoms with Crippen LogP contribution in [0.2, 0.25) is 0 Å². The monoisotopic (exact) mass is 479 g/mol. The van der Waals surface area contributed by atoms with Gasteiger partial charge in [-0.05, 0) is 82.5 Å². The van der Waals surface area contributed by atoms with Gasteiger partial charge in [0.05, 0.1) is 12.1 Å². The first-order chi connectivity index (χ1) is 16.5. The normalized spacial score (nSPS) is 27.5. The van der Waals surface area contributed by atoms with E-state index in [9.17, 15) is 4.79 Å². The quantitative estimate of drug-likeness (QED) is 0.536. The van der Waals surface area contributed by atoms with Crippen LogP contribution in [0.1, 0.15) is 50.5 Å². The van der Waals surface area contributed by atoms with E-state index in [1.54, 1.807) is 11.8 Å². The molecular formula is C27H37N5OS. The van der Waals surface area contributed by atoms with E-state index in [-0.39, 0.29) is 17.1 Å². The summed E-state index contributed by atoms with van der Waals surface area (Å²) in [4.78, 5) is 24.0. The highest BCUT2D eigenvalue weighted by molar-refractivity contribution is 7.98. The molecule has 1 saturated heterocycles. The van der Waals surface area contributed by atoms with Gasteiger partial charge in [-0.15, -0.1) is 11.8 Å². The Labute approximate surface area is 208 Å². The standard InChI is InChI=1S/C27H37N5OS/c1-30(2)27(22-10-5-4-6-11-22)15-13-26(14-16-27)20-32(25(33)31(26)19-21-8-7-9-21)29-24-18-23(34-3)12-17-28-24/h4-6,10-12,17-18,21H,7-9,13-16,19-20H2,1-3H3,(H,28,29). The van der Waals surface area contributed by atoms with Crippen molar-refractivity contribution < 1.29 is 4.79 Å². The number of carbonyl (C=O) groups excluding carboxylic acids is 1. The molecule has 2 aromatic rings. The molecule has 1 aromatic carbocycles. The molecule has 1 aromatic heterocycles. The van der Waals surface area contributed by atoms with E-state index >= 15 is 0 Å². The van der Waals surface area contributed by atoms with Crippen LogP contribution in [0.4, 0.5) is 10.6 Å². The summed E-state index contributed by atoms with van der Waals surface area (Å²) in [5.74, 6) is 1.39. The molecular weight excluding hydrogens is 442 g/mol. The molecule has 3 aliphatic rings. The minimum absolute atomic E-state index is 0.0206. The second-order valence-electron chi connectivity index (χ2n) is 10.5. The highest BCUT2D eigenvalue weighted by atomic mass is 32.2. The lowest BCUT2D eigenvalue weighted by Gasteiger charge is -2.51. The fourth-order valence-corrected chi connectivity index (χ4v) is 6.55. The van der Waals surface area contributed by atoms with Gasteiger partial charge in [0.1, 0.15) is 5.82 Å². The van der Waals surface area contributed by atoms with Crippen molar-refractivity contribution in [3.8, 4) is 0 Å². The average molecular weight is 480 g/mol. The second-order valence-corrected chi connectivity index (χ2v) is 11.4. The van der Waals surface area contributed by atoms with Gasteiger partial charge in [0, 0.05) is 23.2 Å². The maximum atomic E-state index is 13.7. The maximum Gasteiger partial charge on any atom is 0.339 e. The number of thioether (sulfide) groups is 1. The predicted octanol–water partition coefficient (Wildman–Crippen LogP) is 5.44. The largest absolute Gasteiger partial charge is 0.339 e. The van der Waals surface area contributed by atoms with Crippen LogP contribution < -0.4 is 5.43 Å². The number of anilines is 1. The third-order valence-corrected chi connectivity index (χ3v) is 9.27. The fourth-order valence-electron chi connectivity index (χ4n) is 6.13. The smallest absolute Gasteiger partial charge is 0.315 e. The van der Waals surface area contributed by atoms with Gasteiger partial charge < -0.3 is 4.90 Å². The van der Waals surface area contributed by atoms with Crippen molar-refractivity contribution in [2.45, 2.75) is 60.9 Å². The van der Waals surface area contributed by atoms with Gasteiger partial charge in [-0.25, -0.2) is 14.8 Å². The number of benzene rings is 1. The molecule has 2 aliphatic carbocycles. The molecule has 182 valence electrons. The molecule has 7 heteroatoms. The minimum Gasteiger partial charge on any atom is -0.315 e. The lowest BCUT2D eigenvalue weighted by molar-refractivity contribution is 0.0162. The molecule has 2 saturated carbocycles. The SMILES string of the molecule is CSc1ccnc(NN2CC3(CCC(c4ccccc4)(N(C)C)CC3)N(CC3CCC3)C2=O)c1. The summed E-state index contributed by atoms with van der Waals surface area (Å²) in [7, 11) is 4.41. The highest BCUT2D eigenvalue weighted by Crippen LogP contribution is 2.49. The van der Waals surface area contributed by atoms with Crippen LogP contribution >= 0.6 is 11.8 Å². The summed E-state index contributed by atoms with van der Waals surface area (Å²) in [6, 6.07) is 15.0. The van der Waals surface area contributed by atoms with Crippen molar-refractivity contribution in [3.63, 3.8) is 0 Å². The molecule has 0 unspecified atom stereocenters. The van der Waals surface area contributed by atoms with Gasteiger partial charge in [0.25, 0.3) is 0 Å². The first-order valence-corrected chi connectivity index (χ1v) is 13.8. The van der Waals surface area contributed by atoms with Crippen molar-refractivity contribution in [2.24, 2.45) is 5.92 Å². The van der Waals surface area contributed by atoms with Crippen molar-refractivity contribution in [3.05, 3.63) is 54.2 Å². The number of amides is 2. The Morgan fingerprint density at radius 1 is 1.12 bits per heavy atom. The highest BCUT2D eigenvalue weighted by Gasteiger charge is 2.55. The number of nitrogens with one attached hydrogen (secondary N) is 1. The zero-order valence-electron chi connectivity index (χ0n) is 20.7. The molecule has 1 spiro atoms. The number of aromatic nitrogens is 1.